The van der Waals surface area contributed by atoms with Gasteiger partial charge in [-0.1, -0.05) is 60.7 Å². The molecule has 4 aromatic carbocycles. The van der Waals surface area contributed by atoms with Crippen LogP contribution in [0.25, 0.3) is 0 Å². The first-order chi connectivity index (χ1) is 23.5. The molecule has 0 bridgehead atoms. The number of ether oxygens (including phenoxy) is 2. The van der Waals surface area contributed by atoms with Gasteiger partial charge in [0.2, 0.25) is 11.6 Å². The lowest BCUT2D eigenvalue weighted by Crippen LogP contribution is -2.28. The summed E-state index contributed by atoms with van der Waals surface area (Å²) >= 11 is 0. The van der Waals surface area contributed by atoms with E-state index >= 15 is 0 Å². The number of phenols is 2. The van der Waals surface area contributed by atoms with Crippen molar-refractivity contribution in [3.05, 3.63) is 118 Å². The minimum Gasteiger partial charge on any atom is -0.507 e. The second-order valence-corrected chi connectivity index (χ2v) is 12.3. The molecule has 0 amide bonds. The molecular formula is C38H40N4O6. The molecule has 248 valence electrons. The smallest absolute Gasteiger partial charge is 0.200 e. The van der Waals surface area contributed by atoms with E-state index in [1.165, 1.54) is 12.1 Å². The lowest BCUT2D eigenvalue weighted by molar-refractivity contribution is 0.0325. The molecule has 3 aliphatic rings. The summed E-state index contributed by atoms with van der Waals surface area (Å²) in [5.74, 6) is -1.68. The Balaban J connectivity index is 1.06. The maximum atomic E-state index is 14.0. The van der Waals surface area contributed by atoms with Crippen molar-refractivity contribution in [2.24, 2.45) is 0 Å². The van der Waals surface area contributed by atoms with Crippen molar-refractivity contribution in [1.29, 1.82) is 0 Å². The number of fused-ring (bicyclic) bond motifs is 2. The van der Waals surface area contributed by atoms with E-state index < -0.39 is 11.6 Å². The molecule has 10 heteroatoms. The van der Waals surface area contributed by atoms with Crippen LogP contribution in [0.3, 0.4) is 0 Å². The van der Waals surface area contributed by atoms with Crippen LogP contribution in [-0.4, -0.2) is 84.1 Å². The fourth-order valence-electron chi connectivity index (χ4n) is 6.99. The summed E-state index contributed by atoms with van der Waals surface area (Å²) in [6, 6.07) is 26.4. The summed E-state index contributed by atoms with van der Waals surface area (Å²) in [5, 5.41) is 28.0. The lowest BCUT2D eigenvalue weighted by atomic mass is 9.81. The standard InChI is InChI=1S/C38H40N4O6/c43-29-15-16-30(44)34-33(29)35(45)31-27(39-17-7-19-41-21-23-47-37(41)25-9-3-1-4-10-25)13-14-28(32(31)36(34)46)40-18-8-20-42-22-24-48-38(42)26-11-5-2-6-12-26/h1-6,9-16,37-40,43-44H,7-8,17-24H2. The summed E-state index contributed by atoms with van der Waals surface area (Å²) in [6.45, 7) is 5.68. The van der Waals surface area contributed by atoms with E-state index in [1.807, 2.05) is 48.5 Å². The van der Waals surface area contributed by atoms with E-state index in [9.17, 15) is 19.8 Å². The quantitative estimate of drug-likeness (QED) is 0.101. The molecule has 0 saturated carbocycles. The van der Waals surface area contributed by atoms with E-state index in [0.717, 1.165) is 50.1 Å². The molecule has 2 heterocycles. The molecule has 0 aromatic heterocycles. The van der Waals surface area contributed by atoms with Crippen molar-refractivity contribution in [2.45, 2.75) is 25.3 Å². The van der Waals surface area contributed by atoms with Crippen molar-refractivity contribution in [3.8, 4) is 11.5 Å². The minimum absolute atomic E-state index is 0.0853. The molecule has 48 heavy (non-hydrogen) atoms. The van der Waals surface area contributed by atoms with Gasteiger partial charge in [-0.2, -0.15) is 0 Å². The number of hydrogen-bond acceptors (Lipinski definition) is 10. The number of phenolic OH excluding ortho intramolecular Hbond substituents is 2. The van der Waals surface area contributed by atoms with Gasteiger partial charge in [-0.25, -0.2) is 0 Å². The molecule has 4 N–H and O–H groups in total. The zero-order valence-electron chi connectivity index (χ0n) is 26.7. The summed E-state index contributed by atoms with van der Waals surface area (Å²) < 4.78 is 12.0. The highest BCUT2D eigenvalue weighted by Crippen LogP contribution is 2.42. The fraction of sp³-hybridized carbons (Fsp3) is 0.316. The molecule has 2 unspecified atom stereocenters. The van der Waals surface area contributed by atoms with E-state index in [4.69, 9.17) is 9.47 Å². The number of rotatable bonds is 12. The summed E-state index contributed by atoms with van der Waals surface area (Å²) in [5.41, 5.74) is 3.32. The molecule has 10 nitrogen and oxygen atoms in total. The number of carbonyl (C=O) groups is 2. The summed E-state index contributed by atoms with van der Waals surface area (Å²) in [7, 11) is 0. The molecule has 7 rings (SSSR count). The van der Waals surface area contributed by atoms with Crippen LogP contribution in [0.15, 0.2) is 84.9 Å². The second-order valence-electron chi connectivity index (χ2n) is 12.3. The third-order valence-corrected chi connectivity index (χ3v) is 9.29. The molecule has 2 fully saturated rings. The Morgan fingerprint density at radius 3 is 1.42 bits per heavy atom. The molecule has 1 aliphatic carbocycles. The highest BCUT2D eigenvalue weighted by atomic mass is 16.5. The SMILES string of the molecule is O=C1c2c(O)ccc(O)c2C(=O)c2c(NCCCN3CCOC3c3ccccc3)ccc(NCCCN3CCOC3c3ccccc3)c21. The van der Waals surface area contributed by atoms with Crippen LogP contribution in [0, 0.1) is 0 Å². The van der Waals surface area contributed by atoms with Gasteiger partial charge in [-0.15, -0.1) is 0 Å². The molecule has 0 spiro atoms. The lowest BCUT2D eigenvalue weighted by Gasteiger charge is -2.26. The second kappa shape index (κ2) is 14.2. The van der Waals surface area contributed by atoms with E-state index in [1.54, 1.807) is 0 Å². The van der Waals surface area contributed by atoms with Crippen molar-refractivity contribution in [1.82, 2.24) is 9.80 Å². The first-order valence-corrected chi connectivity index (χ1v) is 16.6. The molecule has 2 saturated heterocycles. The van der Waals surface area contributed by atoms with Crippen LogP contribution in [0.4, 0.5) is 11.4 Å². The Morgan fingerprint density at radius 2 is 1.00 bits per heavy atom. The van der Waals surface area contributed by atoms with Gasteiger partial charge >= 0.3 is 0 Å². The molecule has 2 aliphatic heterocycles. The summed E-state index contributed by atoms with van der Waals surface area (Å²) in [6.07, 6.45) is 1.38. The zero-order chi connectivity index (χ0) is 33.0. The van der Waals surface area contributed by atoms with Crippen LogP contribution in [-0.2, 0) is 9.47 Å². The predicted molar refractivity (Wildman–Crippen MR) is 183 cm³/mol. The maximum Gasteiger partial charge on any atom is 0.200 e. The third kappa shape index (κ3) is 6.27. The Bertz CT molecular complexity index is 1650. The number of ketones is 2. The van der Waals surface area contributed by atoms with Gasteiger partial charge in [0.15, 0.2) is 0 Å². The van der Waals surface area contributed by atoms with Crippen LogP contribution < -0.4 is 10.6 Å². The van der Waals surface area contributed by atoms with E-state index in [-0.39, 0.29) is 46.2 Å². The first-order valence-electron chi connectivity index (χ1n) is 16.6. The number of aromatic hydroxyl groups is 2. The monoisotopic (exact) mass is 648 g/mol. The number of hydrogen-bond donors (Lipinski definition) is 4. The number of carbonyl (C=O) groups excluding carboxylic acids is 2. The summed E-state index contributed by atoms with van der Waals surface area (Å²) in [4.78, 5) is 32.5. The Kier molecular flexibility index (Phi) is 9.40. The largest absolute Gasteiger partial charge is 0.507 e. The number of anilines is 2. The van der Waals surface area contributed by atoms with Gasteiger partial charge in [0.1, 0.15) is 24.0 Å². The van der Waals surface area contributed by atoms with Crippen molar-refractivity contribution in [3.63, 3.8) is 0 Å². The number of benzene rings is 4. The van der Waals surface area contributed by atoms with Gasteiger partial charge in [0.25, 0.3) is 0 Å². The minimum atomic E-state index is -0.504. The topological polar surface area (TPSA) is 124 Å². The highest BCUT2D eigenvalue weighted by Gasteiger charge is 2.38. The number of nitrogens with zero attached hydrogens (tertiary/aromatic N) is 2. The molecular weight excluding hydrogens is 608 g/mol. The van der Waals surface area contributed by atoms with E-state index in [2.05, 4.69) is 44.7 Å². The first kappa shape index (κ1) is 31.8. The fourth-order valence-corrected chi connectivity index (χ4v) is 6.99. The van der Waals surface area contributed by atoms with Crippen LogP contribution in [0.1, 0.15) is 68.3 Å². The van der Waals surface area contributed by atoms with Gasteiger partial charge in [-0.3, -0.25) is 19.4 Å². The molecule has 4 aromatic rings. The zero-order valence-corrected chi connectivity index (χ0v) is 26.7. The average molecular weight is 649 g/mol. The van der Waals surface area contributed by atoms with Crippen molar-refractivity contribution in [2.75, 3.05) is 63.1 Å². The predicted octanol–water partition coefficient (Wildman–Crippen LogP) is 5.54. The third-order valence-electron chi connectivity index (χ3n) is 9.29. The normalized spacial score (nSPS) is 19.3. The van der Waals surface area contributed by atoms with Gasteiger partial charge in [0, 0.05) is 50.6 Å². The van der Waals surface area contributed by atoms with Gasteiger partial charge in [0.05, 0.1) is 35.5 Å². The van der Waals surface area contributed by atoms with Crippen molar-refractivity contribution >= 4 is 22.9 Å². The number of nitrogens with one attached hydrogen (secondary N) is 2. The van der Waals surface area contributed by atoms with Crippen LogP contribution >= 0.6 is 0 Å². The Morgan fingerprint density at radius 1 is 0.583 bits per heavy atom. The van der Waals surface area contributed by atoms with E-state index in [0.29, 0.717) is 37.7 Å². The maximum absolute atomic E-state index is 14.0. The Labute approximate surface area is 279 Å². The molecule has 2 atom stereocenters. The van der Waals surface area contributed by atoms with Gasteiger partial charge < -0.3 is 30.3 Å². The average Bonchev–Trinajstić information content (AvgIpc) is 3.79. The van der Waals surface area contributed by atoms with Gasteiger partial charge in [-0.05, 0) is 48.2 Å². The van der Waals surface area contributed by atoms with Crippen LogP contribution in [0.5, 0.6) is 11.5 Å². The van der Waals surface area contributed by atoms with Crippen molar-refractivity contribution < 1.29 is 29.3 Å². The Hall–Kier alpha value is -4.74. The molecule has 0 radical (unpaired) electrons. The highest BCUT2D eigenvalue weighted by molar-refractivity contribution is 6.33. The van der Waals surface area contributed by atoms with Crippen LogP contribution in [0.2, 0.25) is 0 Å².